The molecule has 0 radical (unpaired) electrons. The molecular formula is C14H17N3O. The molecule has 4 heteroatoms. The van der Waals surface area contributed by atoms with E-state index in [1.54, 1.807) is 0 Å². The highest BCUT2D eigenvalue weighted by Gasteiger charge is 2.26. The van der Waals surface area contributed by atoms with E-state index in [1.165, 1.54) is 17.5 Å². The van der Waals surface area contributed by atoms with Gasteiger partial charge in [0.1, 0.15) is 0 Å². The Balaban J connectivity index is 1.92. The normalized spacial score (nSPS) is 18.6. The van der Waals surface area contributed by atoms with E-state index in [9.17, 15) is 0 Å². The lowest BCUT2D eigenvalue weighted by atomic mass is 9.83. The topological polar surface area (TPSA) is 64.9 Å². The molecule has 1 atom stereocenters. The molecule has 1 aromatic heterocycles. The second-order valence-corrected chi connectivity index (χ2v) is 4.73. The maximum Gasteiger partial charge on any atom is 0.234 e. The Kier molecular flexibility index (Phi) is 3.11. The summed E-state index contributed by atoms with van der Waals surface area (Å²) < 4.78 is 5.40. The number of nitrogens with zero attached hydrogens (tertiary/aromatic N) is 2. The van der Waals surface area contributed by atoms with E-state index < -0.39 is 0 Å². The first-order chi connectivity index (χ1) is 8.88. The molecule has 4 nitrogen and oxygen atoms in total. The Hall–Kier alpha value is -1.68. The van der Waals surface area contributed by atoms with Gasteiger partial charge in [0.15, 0.2) is 5.82 Å². The third-order valence-electron chi connectivity index (χ3n) is 3.52. The van der Waals surface area contributed by atoms with Crippen LogP contribution in [0.1, 0.15) is 41.6 Å². The predicted molar refractivity (Wildman–Crippen MR) is 68.3 cm³/mol. The molecule has 0 bridgehead atoms. The fourth-order valence-electron chi connectivity index (χ4n) is 2.65. The lowest BCUT2D eigenvalue weighted by molar-refractivity contribution is 0.350. The van der Waals surface area contributed by atoms with Crippen molar-refractivity contribution < 1.29 is 4.52 Å². The quantitative estimate of drug-likeness (QED) is 0.896. The van der Waals surface area contributed by atoms with E-state index in [1.807, 2.05) is 0 Å². The van der Waals surface area contributed by atoms with Crippen LogP contribution in [-0.2, 0) is 12.8 Å². The van der Waals surface area contributed by atoms with E-state index >= 15 is 0 Å². The van der Waals surface area contributed by atoms with Gasteiger partial charge in [-0.25, -0.2) is 0 Å². The van der Waals surface area contributed by atoms with Gasteiger partial charge < -0.3 is 10.3 Å². The molecule has 1 aliphatic carbocycles. The fourth-order valence-corrected chi connectivity index (χ4v) is 2.65. The number of aryl methyl sites for hydroxylation is 1. The summed E-state index contributed by atoms with van der Waals surface area (Å²) in [4.78, 5) is 4.46. The number of fused-ring (bicyclic) bond motifs is 1. The highest BCUT2D eigenvalue weighted by atomic mass is 16.5. The maximum atomic E-state index is 5.50. The monoisotopic (exact) mass is 243 g/mol. The first kappa shape index (κ1) is 11.4. The van der Waals surface area contributed by atoms with Crippen LogP contribution in [0.25, 0.3) is 0 Å². The van der Waals surface area contributed by atoms with Crippen LogP contribution in [0.15, 0.2) is 28.8 Å². The van der Waals surface area contributed by atoms with E-state index in [0.717, 1.165) is 24.6 Å². The van der Waals surface area contributed by atoms with Crippen LogP contribution in [0, 0.1) is 0 Å². The van der Waals surface area contributed by atoms with Gasteiger partial charge in [0, 0.05) is 6.42 Å². The van der Waals surface area contributed by atoms with Gasteiger partial charge >= 0.3 is 0 Å². The molecule has 2 N–H and O–H groups in total. The second kappa shape index (κ2) is 4.90. The minimum absolute atomic E-state index is 0.258. The van der Waals surface area contributed by atoms with Crippen molar-refractivity contribution >= 4 is 0 Å². The molecule has 2 aromatic rings. The van der Waals surface area contributed by atoms with Crippen LogP contribution >= 0.6 is 0 Å². The van der Waals surface area contributed by atoms with Gasteiger partial charge in [-0.3, -0.25) is 0 Å². The molecule has 0 saturated carbocycles. The van der Waals surface area contributed by atoms with Crippen LogP contribution in [-0.4, -0.2) is 16.7 Å². The summed E-state index contributed by atoms with van der Waals surface area (Å²) in [6, 6.07) is 8.54. The van der Waals surface area contributed by atoms with E-state index in [0.29, 0.717) is 13.0 Å². The fraction of sp³-hybridized carbons (Fsp3) is 0.429. The number of nitrogens with two attached hydrogens (primary N) is 1. The van der Waals surface area contributed by atoms with E-state index in [2.05, 4.69) is 34.4 Å². The summed E-state index contributed by atoms with van der Waals surface area (Å²) in [6.07, 6.45) is 4.09. The van der Waals surface area contributed by atoms with Crippen molar-refractivity contribution in [2.45, 2.75) is 31.6 Å². The standard InChI is InChI=1S/C14H17N3O/c15-9-8-13-16-14(18-17-13)12-7-3-5-10-4-1-2-6-11(10)12/h1-2,4,6,12H,3,5,7-9,15H2. The molecule has 0 fully saturated rings. The average Bonchev–Trinajstić information content (AvgIpc) is 2.87. The lowest BCUT2D eigenvalue weighted by Crippen LogP contribution is -2.11. The number of rotatable bonds is 3. The van der Waals surface area contributed by atoms with Gasteiger partial charge in [-0.15, -0.1) is 0 Å². The Labute approximate surface area is 106 Å². The van der Waals surface area contributed by atoms with Crippen molar-refractivity contribution in [3.8, 4) is 0 Å². The van der Waals surface area contributed by atoms with Crippen LogP contribution < -0.4 is 5.73 Å². The SMILES string of the molecule is NCCc1noc(C2CCCc3ccccc32)n1. The number of benzene rings is 1. The number of hydrogen-bond donors (Lipinski definition) is 1. The molecule has 1 aromatic carbocycles. The van der Waals surface area contributed by atoms with Crippen LogP contribution in [0.5, 0.6) is 0 Å². The first-order valence-electron chi connectivity index (χ1n) is 6.49. The molecule has 18 heavy (non-hydrogen) atoms. The largest absolute Gasteiger partial charge is 0.339 e. The van der Waals surface area contributed by atoms with Crippen molar-refractivity contribution in [2.75, 3.05) is 6.54 Å². The van der Waals surface area contributed by atoms with Gasteiger partial charge in [0.25, 0.3) is 0 Å². The van der Waals surface area contributed by atoms with Crippen LogP contribution in [0.4, 0.5) is 0 Å². The average molecular weight is 243 g/mol. The number of hydrogen-bond acceptors (Lipinski definition) is 4. The molecule has 1 aliphatic rings. The van der Waals surface area contributed by atoms with Gasteiger partial charge in [0.2, 0.25) is 5.89 Å². The molecule has 3 rings (SSSR count). The Bertz CT molecular complexity index is 535. The van der Waals surface area contributed by atoms with Crippen molar-refractivity contribution in [3.63, 3.8) is 0 Å². The Morgan fingerprint density at radius 2 is 2.22 bits per heavy atom. The third kappa shape index (κ3) is 2.04. The molecule has 94 valence electrons. The zero-order valence-electron chi connectivity index (χ0n) is 10.3. The zero-order valence-corrected chi connectivity index (χ0v) is 10.3. The summed E-state index contributed by atoms with van der Waals surface area (Å²) >= 11 is 0. The lowest BCUT2D eigenvalue weighted by Gasteiger charge is -2.22. The minimum atomic E-state index is 0.258. The summed E-state index contributed by atoms with van der Waals surface area (Å²) in [5.41, 5.74) is 8.25. The van der Waals surface area contributed by atoms with Crippen LogP contribution in [0.2, 0.25) is 0 Å². The molecule has 1 heterocycles. The smallest absolute Gasteiger partial charge is 0.234 e. The summed E-state index contributed by atoms with van der Waals surface area (Å²) in [7, 11) is 0. The van der Waals surface area contributed by atoms with Gasteiger partial charge in [0.05, 0.1) is 5.92 Å². The summed E-state index contributed by atoms with van der Waals surface area (Å²) in [6.45, 7) is 0.556. The van der Waals surface area contributed by atoms with Crippen molar-refractivity contribution in [2.24, 2.45) is 5.73 Å². The van der Waals surface area contributed by atoms with Gasteiger partial charge in [-0.1, -0.05) is 29.4 Å². The molecule has 0 amide bonds. The summed E-state index contributed by atoms with van der Waals surface area (Å²) in [5, 5.41) is 3.99. The molecule has 0 saturated heterocycles. The molecule has 0 spiro atoms. The highest BCUT2D eigenvalue weighted by molar-refractivity contribution is 5.35. The molecule has 0 aliphatic heterocycles. The Morgan fingerprint density at radius 1 is 1.33 bits per heavy atom. The zero-order chi connectivity index (χ0) is 12.4. The van der Waals surface area contributed by atoms with Gasteiger partial charge in [-0.2, -0.15) is 4.98 Å². The van der Waals surface area contributed by atoms with Crippen LogP contribution in [0.3, 0.4) is 0 Å². The maximum absolute atomic E-state index is 5.50. The van der Waals surface area contributed by atoms with Crippen molar-refractivity contribution in [1.82, 2.24) is 10.1 Å². The summed E-state index contributed by atoms with van der Waals surface area (Å²) in [5.74, 6) is 1.72. The molecule has 1 unspecified atom stereocenters. The highest BCUT2D eigenvalue weighted by Crippen LogP contribution is 2.35. The van der Waals surface area contributed by atoms with Crippen molar-refractivity contribution in [3.05, 3.63) is 47.1 Å². The second-order valence-electron chi connectivity index (χ2n) is 4.73. The predicted octanol–water partition coefficient (Wildman–Crippen LogP) is 2.04. The van der Waals surface area contributed by atoms with E-state index in [4.69, 9.17) is 10.3 Å². The Morgan fingerprint density at radius 3 is 3.11 bits per heavy atom. The third-order valence-corrected chi connectivity index (χ3v) is 3.52. The first-order valence-corrected chi connectivity index (χ1v) is 6.49. The van der Waals surface area contributed by atoms with Gasteiger partial charge in [-0.05, 0) is 36.9 Å². The minimum Gasteiger partial charge on any atom is -0.339 e. The van der Waals surface area contributed by atoms with Crippen molar-refractivity contribution in [1.29, 1.82) is 0 Å². The van der Waals surface area contributed by atoms with E-state index in [-0.39, 0.29) is 5.92 Å². The number of aromatic nitrogens is 2. The molecular weight excluding hydrogens is 226 g/mol.